The smallest absolute Gasteiger partial charge is 0.266 e. The molecule has 0 aromatic heterocycles. The van der Waals surface area contributed by atoms with E-state index in [-0.39, 0.29) is 24.6 Å². The van der Waals surface area contributed by atoms with Crippen molar-refractivity contribution < 1.29 is 14.3 Å². The van der Waals surface area contributed by atoms with Crippen molar-refractivity contribution in [2.75, 3.05) is 7.11 Å². The van der Waals surface area contributed by atoms with Gasteiger partial charge in [0.1, 0.15) is 6.61 Å². The van der Waals surface area contributed by atoms with Crippen LogP contribution in [0.1, 0.15) is 44.4 Å². The Balaban J connectivity index is 1.90. The molecular formula is C25H26BrN3O3S. The monoisotopic (exact) mass is 527 g/mol. The van der Waals surface area contributed by atoms with Crippen molar-refractivity contribution in [1.82, 2.24) is 4.90 Å². The summed E-state index contributed by atoms with van der Waals surface area (Å²) >= 11 is 4.95. The molecule has 6 nitrogen and oxygen atoms in total. The molecule has 8 heteroatoms. The first-order valence-electron chi connectivity index (χ1n) is 10.5. The second-order valence-corrected chi connectivity index (χ2v) is 9.84. The number of benzene rings is 2. The second kappa shape index (κ2) is 10.9. The van der Waals surface area contributed by atoms with E-state index in [9.17, 15) is 10.1 Å². The van der Waals surface area contributed by atoms with Crippen LogP contribution < -0.4 is 9.47 Å². The van der Waals surface area contributed by atoms with Gasteiger partial charge < -0.3 is 9.47 Å². The van der Waals surface area contributed by atoms with Crippen molar-refractivity contribution in [1.29, 1.82) is 5.26 Å². The number of ether oxygens (including phenoxy) is 2. The number of rotatable bonds is 7. The third kappa shape index (κ3) is 5.79. The number of nitrogens with zero attached hydrogens (tertiary/aromatic N) is 3. The summed E-state index contributed by atoms with van der Waals surface area (Å²) in [6, 6.07) is 13.3. The third-order valence-corrected chi connectivity index (χ3v) is 6.37. The van der Waals surface area contributed by atoms with E-state index in [2.05, 4.69) is 27.0 Å². The van der Waals surface area contributed by atoms with Crippen molar-refractivity contribution in [3.63, 3.8) is 0 Å². The molecule has 0 aliphatic carbocycles. The molecule has 1 saturated heterocycles. The highest BCUT2D eigenvalue weighted by molar-refractivity contribution is 9.10. The van der Waals surface area contributed by atoms with Crippen molar-refractivity contribution in [3.05, 3.63) is 62.5 Å². The second-order valence-electron chi connectivity index (χ2n) is 7.98. The molecule has 33 heavy (non-hydrogen) atoms. The Morgan fingerprint density at radius 1 is 1.24 bits per heavy atom. The van der Waals surface area contributed by atoms with Crippen molar-refractivity contribution >= 4 is 44.8 Å². The lowest BCUT2D eigenvalue weighted by molar-refractivity contribution is -0.123. The number of carbonyl (C=O) groups excluding carboxylic acids is 1. The van der Waals surface area contributed by atoms with Gasteiger partial charge >= 0.3 is 0 Å². The predicted octanol–water partition coefficient (Wildman–Crippen LogP) is 6.00. The zero-order valence-electron chi connectivity index (χ0n) is 19.3. The fourth-order valence-electron chi connectivity index (χ4n) is 3.27. The van der Waals surface area contributed by atoms with Crippen LogP contribution in [0, 0.1) is 11.3 Å². The fourth-order valence-corrected chi connectivity index (χ4v) is 5.08. The number of thioether (sulfide) groups is 1. The Morgan fingerprint density at radius 3 is 2.61 bits per heavy atom. The summed E-state index contributed by atoms with van der Waals surface area (Å²) in [6.45, 7) is 8.18. The Hall–Kier alpha value is -2.76. The number of hydrogen-bond acceptors (Lipinski definition) is 6. The third-order valence-electron chi connectivity index (χ3n) is 4.78. The number of nitriles is 1. The van der Waals surface area contributed by atoms with Crippen LogP contribution in [0.5, 0.6) is 11.5 Å². The minimum Gasteiger partial charge on any atom is -0.493 e. The van der Waals surface area contributed by atoms with Gasteiger partial charge in [-0.15, -0.1) is 0 Å². The fraction of sp³-hybridized carbons (Fsp3) is 0.320. The molecule has 0 radical (unpaired) electrons. The summed E-state index contributed by atoms with van der Waals surface area (Å²) in [5.41, 5.74) is 2.16. The zero-order valence-corrected chi connectivity index (χ0v) is 21.7. The van der Waals surface area contributed by atoms with Crippen LogP contribution in [0.25, 0.3) is 6.08 Å². The summed E-state index contributed by atoms with van der Waals surface area (Å²) in [6.07, 6.45) is 1.84. The first kappa shape index (κ1) is 24.9. The molecule has 1 aliphatic rings. The van der Waals surface area contributed by atoms with Crippen LogP contribution in [-0.4, -0.2) is 35.2 Å². The SMILES string of the molecule is COc1cc(/C=C2/SC(=NC(C)C)N(C(C)C)C2=O)cc(Br)c1OCc1ccccc1C#N. The number of methoxy groups -OCH3 is 1. The molecule has 0 spiro atoms. The molecule has 172 valence electrons. The quantitative estimate of drug-likeness (QED) is 0.413. The average Bonchev–Trinajstić information content (AvgIpc) is 3.06. The molecule has 0 atom stereocenters. The molecule has 0 unspecified atom stereocenters. The van der Waals surface area contributed by atoms with E-state index in [4.69, 9.17) is 9.47 Å². The molecule has 1 fully saturated rings. The van der Waals surface area contributed by atoms with E-state index in [0.29, 0.717) is 26.4 Å². The molecular weight excluding hydrogens is 502 g/mol. The lowest BCUT2D eigenvalue weighted by Gasteiger charge is -2.20. The Labute approximate surface area is 207 Å². The minimum atomic E-state index is -0.0575. The van der Waals surface area contributed by atoms with Gasteiger partial charge in [0.2, 0.25) is 0 Å². The molecule has 1 amide bonds. The van der Waals surface area contributed by atoms with Gasteiger partial charge in [-0.3, -0.25) is 14.7 Å². The van der Waals surface area contributed by atoms with E-state index < -0.39 is 0 Å². The van der Waals surface area contributed by atoms with Crippen LogP contribution in [0.2, 0.25) is 0 Å². The van der Waals surface area contributed by atoms with Gasteiger partial charge in [-0.05, 0) is 85.2 Å². The maximum atomic E-state index is 13.0. The first-order valence-corrected chi connectivity index (χ1v) is 12.1. The van der Waals surface area contributed by atoms with Gasteiger partial charge in [0.15, 0.2) is 16.7 Å². The van der Waals surface area contributed by atoms with Crippen LogP contribution in [-0.2, 0) is 11.4 Å². The maximum Gasteiger partial charge on any atom is 0.266 e. The number of amidine groups is 1. The highest BCUT2D eigenvalue weighted by Crippen LogP contribution is 2.40. The summed E-state index contributed by atoms with van der Waals surface area (Å²) in [5, 5.41) is 10.0. The molecule has 0 saturated carbocycles. The predicted molar refractivity (Wildman–Crippen MR) is 136 cm³/mol. The number of carbonyl (C=O) groups is 1. The molecule has 1 heterocycles. The normalized spacial score (nSPS) is 16.2. The Morgan fingerprint density at radius 2 is 1.97 bits per heavy atom. The summed E-state index contributed by atoms with van der Waals surface area (Å²) < 4.78 is 12.3. The van der Waals surface area contributed by atoms with Gasteiger partial charge in [-0.2, -0.15) is 5.26 Å². The van der Waals surface area contributed by atoms with Gasteiger partial charge in [-0.1, -0.05) is 18.2 Å². The van der Waals surface area contributed by atoms with E-state index in [0.717, 1.165) is 16.3 Å². The van der Waals surface area contributed by atoms with Crippen LogP contribution in [0.3, 0.4) is 0 Å². The molecule has 2 aromatic carbocycles. The standard InChI is InChI=1S/C25H26BrN3O3S/c1-15(2)28-25-29(16(3)4)24(30)22(33-25)12-17-10-20(26)23(21(11-17)31-5)32-14-19-9-7-6-8-18(19)13-27/h6-12,15-16H,14H2,1-5H3/b22-12+,28-25?. The lowest BCUT2D eigenvalue weighted by atomic mass is 10.1. The molecule has 1 aliphatic heterocycles. The lowest BCUT2D eigenvalue weighted by Crippen LogP contribution is -2.35. The number of amides is 1. The Bertz CT molecular complexity index is 1150. The highest BCUT2D eigenvalue weighted by Gasteiger charge is 2.35. The van der Waals surface area contributed by atoms with Gasteiger partial charge in [-0.25, -0.2) is 0 Å². The van der Waals surface area contributed by atoms with Crippen LogP contribution >= 0.6 is 27.7 Å². The molecule has 2 aromatic rings. The van der Waals surface area contributed by atoms with Crippen molar-refractivity contribution in [2.24, 2.45) is 4.99 Å². The van der Waals surface area contributed by atoms with Crippen LogP contribution in [0.15, 0.2) is 50.8 Å². The maximum absolute atomic E-state index is 13.0. The van der Waals surface area contributed by atoms with E-state index in [1.165, 1.54) is 11.8 Å². The van der Waals surface area contributed by atoms with E-state index in [1.54, 1.807) is 18.1 Å². The van der Waals surface area contributed by atoms with E-state index in [1.807, 2.05) is 64.1 Å². The van der Waals surface area contributed by atoms with Gasteiger partial charge in [0.25, 0.3) is 5.91 Å². The minimum absolute atomic E-state index is 0.0155. The number of halogens is 1. The van der Waals surface area contributed by atoms with E-state index >= 15 is 0 Å². The number of aliphatic imine (C=N–C) groups is 1. The highest BCUT2D eigenvalue weighted by atomic mass is 79.9. The topological polar surface area (TPSA) is 74.9 Å². The van der Waals surface area contributed by atoms with Gasteiger partial charge in [0.05, 0.1) is 28.1 Å². The Kier molecular flexibility index (Phi) is 8.22. The summed E-state index contributed by atoms with van der Waals surface area (Å²) in [5.74, 6) is 1.000. The summed E-state index contributed by atoms with van der Waals surface area (Å²) in [7, 11) is 1.57. The largest absolute Gasteiger partial charge is 0.493 e. The average molecular weight is 528 g/mol. The molecule has 3 rings (SSSR count). The number of hydrogen-bond donors (Lipinski definition) is 0. The van der Waals surface area contributed by atoms with Gasteiger partial charge in [0, 0.05) is 17.6 Å². The van der Waals surface area contributed by atoms with Crippen LogP contribution in [0.4, 0.5) is 0 Å². The molecule has 0 bridgehead atoms. The first-order chi connectivity index (χ1) is 15.7. The molecule has 0 N–H and O–H groups in total. The van der Waals surface area contributed by atoms with Crippen molar-refractivity contribution in [3.8, 4) is 17.6 Å². The zero-order chi connectivity index (χ0) is 24.1. The summed E-state index contributed by atoms with van der Waals surface area (Å²) in [4.78, 5) is 20.0. The van der Waals surface area contributed by atoms with Crippen molar-refractivity contribution in [2.45, 2.75) is 46.4 Å².